The van der Waals surface area contributed by atoms with Crippen molar-refractivity contribution in [3.05, 3.63) is 41.6 Å². The van der Waals surface area contributed by atoms with Crippen molar-refractivity contribution in [1.29, 1.82) is 0 Å². The summed E-state index contributed by atoms with van der Waals surface area (Å²) in [5, 5.41) is 15.8. The Labute approximate surface area is 102 Å². The minimum absolute atomic E-state index is 0.130. The van der Waals surface area contributed by atoms with Gasteiger partial charge in [0.05, 0.1) is 18.4 Å². The summed E-state index contributed by atoms with van der Waals surface area (Å²) in [4.78, 5) is 14.7. The molecule has 2 heterocycles. The molecule has 0 aliphatic rings. The molecule has 2 rings (SSSR count). The molecule has 2 aromatic heterocycles. The topological polar surface area (TPSA) is 80.0 Å². The maximum Gasteiger partial charge on any atom is 0.339 e. The highest BCUT2D eigenvalue weighted by Gasteiger charge is 2.13. The number of aromatic nitrogens is 3. The molecule has 0 spiro atoms. The van der Waals surface area contributed by atoms with Gasteiger partial charge >= 0.3 is 5.97 Å². The summed E-state index contributed by atoms with van der Waals surface area (Å²) in [7, 11) is 1.77. The second-order valence-corrected chi connectivity index (χ2v) is 3.65. The zero-order chi connectivity index (χ0) is 13.1. The number of aromatic carboxylic acids is 1. The molecule has 0 radical (unpaired) electrons. The molecule has 0 saturated heterocycles. The molecular weight excluding hydrogens is 239 g/mol. The molecule has 0 saturated carbocycles. The van der Waals surface area contributed by atoms with Crippen LogP contribution < -0.4 is 5.32 Å². The molecule has 2 N–H and O–H groups in total. The van der Waals surface area contributed by atoms with Gasteiger partial charge < -0.3 is 10.4 Å². The summed E-state index contributed by atoms with van der Waals surface area (Å²) in [6.07, 6.45) is 2.60. The molecule has 0 amide bonds. The SMILES string of the molecule is Cn1nccc1CNc1ncc(F)cc1C(=O)O. The maximum absolute atomic E-state index is 12.9. The van der Waals surface area contributed by atoms with E-state index >= 15 is 0 Å². The molecule has 18 heavy (non-hydrogen) atoms. The second-order valence-electron chi connectivity index (χ2n) is 3.65. The Balaban J connectivity index is 2.19. The first kappa shape index (κ1) is 12.0. The first-order valence-electron chi connectivity index (χ1n) is 5.17. The first-order valence-corrected chi connectivity index (χ1v) is 5.17. The lowest BCUT2D eigenvalue weighted by Crippen LogP contribution is -2.11. The van der Waals surface area contributed by atoms with Crippen LogP contribution in [0.2, 0.25) is 0 Å². The molecule has 94 valence electrons. The van der Waals surface area contributed by atoms with Crippen molar-refractivity contribution in [2.45, 2.75) is 6.54 Å². The number of hydrogen-bond acceptors (Lipinski definition) is 4. The minimum atomic E-state index is -1.23. The predicted octanol–water partition coefficient (Wildman–Crippen LogP) is 1.26. The first-order chi connectivity index (χ1) is 8.58. The van der Waals surface area contributed by atoms with E-state index in [-0.39, 0.29) is 11.4 Å². The molecule has 7 heteroatoms. The van der Waals surface area contributed by atoms with Crippen LogP contribution in [0.25, 0.3) is 0 Å². The van der Waals surface area contributed by atoms with Crippen LogP contribution in [0.5, 0.6) is 0 Å². The highest BCUT2D eigenvalue weighted by atomic mass is 19.1. The van der Waals surface area contributed by atoms with Crippen LogP contribution in [0.3, 0.4) is 0 Å². The van der Waals surface area contributed by atoms with Crippen LogP contribution in [0.15, 0.2) is 24.5 Å². The van der Waals surface area contributed by atoms with Crippen molar-refractivity contribution in [3.63, 3.8) is 0 Å². The molecule has 6 nitrogen and oxygen atoms in total. The van der Waals surface area contributed by atoms with Crippen LogP contribution in [0, 0.1) is 5.82 Å². The van der Waals surface area contributed by atoms with E-state index < -0.39 is 11.8 Å². The third-order valence-electron chi connectivity index (χ3n) is 2.44. The summed E-state index contributed by atoms with van der Waals surface area (Å²) in [5.41, 5.74) is 0.662. The van der Waals surface area contributed by atoms with Gasteiger partial charge in [0.15, 0.2) is 0 Å². The number of carboxylic acids is 1. The number of hydrogen-bond donors (Lipinski definition) is 2. The molecule has 0 aromatic carbocycles. The fourth-order valence-corrected chi connectivity index (χ4v) is 1.49. The lowest BCUT2D eigenvalue weighted by atomic mass is 10.2. The van der Waals surface area contributed by atoms with Gasteiger partial charge in [-0.25, -0.2) is 14.2 Å². The van der Waals surface area contributed by atoms with Gasteiger partial charge in [-0.2, -0.15) is 5.10 Å². The van der Waals surface area contributed by atoms with Crippen LogP contribution in [-0.4, -0.2) is 25.8 Å². The average molecular weight is 250 g/mol. The zero-order valence-electron chi connectivity index (χ0n) is 9.59. The zero-order valence-corrected chi connectivity index (χ0v) is 9.59. The van der Waals surface area contributed by atoms with Crippen molar-refractivity contribution < 1.29 is 14.3 Å². The third kappa shape index (κ3) is 2.45. The van der Waals surface area contributed by atoms with E-state index in [0.29, 0.717) is 6.54 Å². The highest BCUT2D eigenvalue weighted by Crippen LogP contribution is 2.14. The summed E-state index contributed by atoms with van der Waals surface area (Å²) < 4.78 is 14.6. The van der Waals surface area contributed by atoms with Gasteiger partial charge in [-0.15, -0.1) is 0 Å². The van der Waals surface area contributed by atoms with Crippen molar-refractivity contribution >= 4 is 11.8 Å². The van der Waals surface area contributed by atoms with Crippen molar-refractivity contribution in [2.75, 3.05) is 5.32 Å². The molecule has 0 atom stereocenters. The van der Waals surface area contributed by atoms with E-state index in [1.807, 2.05) is 0 Å². The molecular formula is C11H11FN4O2. The number of anilines is 1. The Morgan fingerprint density at radius 1 is 1.61 bits per heavy atom. The standard InChI is InChI=1S/C11H11FN4O2/c1-16-8(2-3-15-16)6-14-10-9(11(17)18)4-7(12)5-13-10/h2-5H,6H2,1H3,(H,13,14)(H,17,18). The normalized spacial score (nSPS) is 10.3. The number of nitrogens with zero attached hydrogens (tertiary/aromatic N) is 3. The van der Waals surface area contributed by atoms with E-state index in [1.165, 1.54) is 0 Å². The van der Waals surface area contributed by atoms with E-state index in [1.54, 1.807) is 24.0 Å². The van der Waals surface area contributed by atoms with Gasteiger partial charge in [0.1, 0.15) is 17.2 Å². The molecule has 0 fully saturated rings. The quantitative estimate of drug-likeness (QED) is 0.854. The Morgan fingerprint density at radius 2 is 2.39 bits per heavy atom. The Bertz CT molecular complexity index is 582. The number of carboxylic acid groups (broad SMARTS) is 1. The second kappa shape index (κ2) is 4.82. The number of rotatable bonds is 4. The Hall–Kier alpha value is -2.44. The summed E-state index contributed by atoms with van der Waals surface area (Å²) in [5.74, 6) is -1.78. The van der Waals surface area contributed by atoms with Gasteiger partial charge in [0.2, 0.25) is 0 Å². The number of aryl methyl sites for hydroxylation is 1. The van der Waals surface area contributed by atoms with Gasteiger partial charge in [0, 0.05) is 13.2 Å². The molecule has 0 aliphatic heterocycles. The monoisotopic (exact) mass is 250 g/mol. The van der Waals surface area contributed by atoms with E-state index in [9.17, 15) is 9.18 Å². The van der Waals surface area contributed by atoms with Gasteiger partial charge in [-0.3, -0.25) is 4.68 Å². The van der Waals surface area contributed by atoms with Crippen molar-refractivity contribution in [3.8, 4) is 0 Å². The van der Waals surface area contributed by atoms with Gasteiger partial charge in [-0.05, 0) is 12.1 Å². The predicted molar refractivity (Wildman–Crippen MR) is 61.7 cm³/mol. The average Bonchev–Trinajstić information content (AvgIpc) is 2.73. The molecule has 2 aromatic rings. The number of halogens is 1. The minimum Gasteiger partial charge on any atom is -0.478 e. The smallest absolute Gasteiger partial charge is 0.339 e. The number of nitrogens with one attached hydrogen (secondary N) is 1. The Kier molecular flexibility index (Phi) is 3.22. The third-order valence-corrected chi connectivity index (χ3v) is 2.44. The van der Waals surface area contributed by atoms with Crippen molar-refractivity contribution in [2.24, 2.45) is 7.05 Å². The highest BCUT2D eigenvalue weighted by molar-refractivity contribution is 5.93. The molecule has 0 bridgehead atoms. The fraction of sp³-hybridized carbons (Fsp3) is 0.182. The lowest BCUT2D eigenvalue weighted by molar-refractivity contribution is 0.0697. The Morgan fingerprint density at radius 3 is 3.00 bits per heavy atom. The summed E-state index contributed by atoms with van der Waals surface area (Å²) >= 11 is 0. The van der Waals surface area contributed by atoms with Crippen LogP contribution in [-0.2, 0) is 13.6 Å². The van der Waals surface area contributed by atoms with Gasteiger partial charge in [-0.1, -0.05) is 0 Å². The van der Waals surface area contributed by atoms with E-state index in [0.717, 1.165) is 18.0 Å². The van der Waals surface area contributed by atoms with Crippen LogP contribution >= 0.6 is 0 Å². The van der Waals surface area contributed by atoms with E-state index in [2.05, 4.69) is 15.4 Å². The van der Waals surface area contributed by atoms with Crippen LogP contribution in [0.1, 0.15) is 16.1 Å². The van der Waals surface area contributed by atoms with Gasteiger partial charge in [0.25, 0.3) is 0 Å². The largest absolute Gasteiger partial charge is 0.478 e. The van der Waals surface area contributed by atoms with Crippen LogP contribution in [0.4, 0.5) is 10.2 Å². The molecule has 0 unspecified atom stereocenters. The number of pyridine rings is 1. The summed E-state index contributed by atoms with van der Waals surface area (Å²) in [6.45, 7) is 0.357. The summed E-state index contributed by atoms with van der Waals surface area (Å²) in [6, 6.07) is 2.72. The fourth-order valence-electron chi connectivity index (χ4n) is 1.49. The maximum atomic E-state index is 12.9. The lowest BCUT2D eigenvalue weighted by Gasteiger charge is -2.08. The number of carbonyl (C=O) groups is 1. The molecule has 0 aliphatic carbocycles. The van der Waals surface area contributed by atoms with Crippen molar-refractivity contribution in [1.82, 2.24) is 14.8 Å². The van der Waals surface area contributed by atoms with E-state index in [4.69, 9.17) is 5.11 Å².